The molecule has 0 radical (unpaired) electrons. The first-order valence-corrected chi connectivity index (χ1v) is 5.50. The molecule has 0 aliphatic carbocycles. The van der Waals surface area contributed by atoms with E-state index in [-0.39, 0.29) is 0 Å². The van der Waals surface area contributed by atoms with Gasteiger partial charge in [0.15, 0.2) is 0 Å². The van der Waals surface area contributed by atoms with Gasteiger partial charge in [0.05, 0.1) is 6.20 Å². The molecule has 16 heavy (non-hydrogen) atoms. The molecule has 2 heterocycles. The van der Waals surface area contributed by atoms with Gasteiger partial charge in [-0.3, -0.25) is 9.97 Å². The molecule has 0 aliphatic rings. The van der Waals surface area contributed by atoms with E-state index in [1.807, 2.05) is 5.38 Å². The lowest BCUT2D eigenvalue weighted by atomic mass is 10.4. The molecule has 2 aromatic rings. The Labute approximate surface area is 97.1 Å². The van der Waals surface area contributed by atoms with Gasteiger partial charge in [-0.2, -0.15) is 0 Å². The molecule has 0 N–H and O–H groups in total. The lowest BCUT2D eigenvalue weighted by Gasteiger charge is -2.09. The predicted molar refractivity (Wildman–Crippen MR) is 59.9 cm³/mol. The molecule has 0 amide bonds. The van der Waals surface area contributed by atoms with Gasteiger partial charge in [0.1, 0.15) is 16.4 Å². The number of nitrogens with zero attached hydrogens (tertiary/aromatic N) is 3. The summed E-state index contributed by atoms with van der Waals surface area (Å²) in [5.74, 6) is 0. The van der Waals surface area contributed by atoms with E-state index in [2.05, 4.69) is 15.0 Å². The quantitative estimate of drug-likeness (QED) is 0.760. The van der Waals surface area contributed by atoms with E-state index >= 15 is 0 Å². The van der Waals surface area contributed by atoms with Crippen LogP contribution in [0.2, 0.25) is 0 Å². The molecule has 2 rings (SSSR count). The molecule has 84 valence electrons. The van der Waals surface area contributed by atoms with Crippen molar-refractivity contribution < 1.29 is 9.47 Å². The molecular formula is C10H11N3O2S. The van der Waals surface area contributed by atoms with Crippen molar-refractivity contribution in [3.63, 3.8) is 0 Å². The standard InChI is InChI=1S/C10H11N3O2S/c1-14-10(15-2)8-6-16-9(13-8)7-5-11-3-4-12-7/h3-6,10H,1-2H3. The van der Waals surface area contributed by atoms with Gasteiger partial charge in [-0.15, -0.1) is 11.3 Å². The summed E-state index contributed by atoms with van der Waals surface area (Å²) >= 11 is 1.49. The fourth-order valence-corrected chi connectivity index (χ4v) is 2.04. The normalized spacial score (nSPS) is 10.9. The van der Waals surface area contributed by atoms with E-state index in [0.717, 1.165) is 16.4 Å². The lowest BCUT2D eigenvalue weighted by molar-refractivity contribution is -0.108. The van der Waals surface area contributed by atoms with Crippen molar-refractivity contribution in [3.05, 3.63) is 29.7 Å². The monoisotopic (exact) mass is 237 g/mol. The minimum absolute atomic E-state index is 0.429. The maximum Gasteiger partial charge on any atom is 0.201 e. The van der Waals surface area contributed by atoms with E-state index in [9.17, 15) is 0 Å². The average molecular weight is 237 g/mol. The number of methoxy groups -OCH3 is 2. The summed E-state index contributed by atoms with van der Waals surface area (Å²) in [6.07, 6.45) is 4.52. The molecule has 0 spiro atoms. The van der Waals surface area contributed by atoms with Crippen molar-refractivity contribution >= 4 is 11.3 Å². The summed E-state index contributed by atoms with van der Waals surface area (Å²) in [6.45, 7) is 0. The number of thiazole rings is 1. The number of rotatable bonds is 4. The largest absolute Gasteiger partial charge is 0.350 e. The Morgan fingerprint density at radius 2 is 2.06 bits per heavy atom. The second-order valence-electron chi connectivity index (χ2n) is 2.97. The van der Waals surface area contributed by atoms with E-state index in [0.29, 0.717) is 0 Å². The van der Waals surface area contributed by atoms with Gasteiger partial charge >= 0.3 is 0 Å². The van der Waals surface area contributed by atoms with Crippen molar-refractivity contribution in [1.29, 1.82) is 0 Å². The second-order valence-corrected chi connectivity index (χ2v) is 3.83. The van der Waals surface area contributed by atoms with Crippen LogP contribution in [0.15, 0.2) is 24.0 Å². The second kappa shape index (κ2) is 5.11. The van der Waals surface area contributed by atoms with E-state index in [4.69, 9.17) is 9.47 Å². The molecule has 2 aromatic heterocycles. The Bertz CT molecular complexity index is 442. The lowest BCUT2D eigenvalue weighted by Crippen LogP contribution is -2.03. The topological polar surface area (TPSA) is 57.1 Å². The Morgan fingerprint density at radius 3 is 2.69 bits per heavy atom. The zero-order chi connectivity index (χ0) is 11.4. The Balaban J connectivity index is 2.26. The highest BCUT2D eigenvalue weighted by atomic mass is 32.1. The van der Waals surface area contributed by atoms with Crippen LogP contribution < -0.4 is 0 Å². The maximum atomic E-state index is 5.12. The van der Waals surface area contributed by atoms with Gasteiger partial charge in [-0.25, -0.2) is 4.98 Å². The van der Waals surface area contributed by atoms with Crippen LogP contribution >= 0.6 is 11.3 Å². The van der Waals surface area contributed by atoms with Crippen LogP contribution in [-0.4, -0.2) is 29.2 Å². The van der Waals surface area contributed by atoms with Crippen molar-refractivity contribution in [2.45, 2.75) is 6.29 Å². The highest BCUT2D eigenvalue weighted by Crippen LogP contribution is 2.25. The van der Waals surface area contributed by atoms with Crippen LogP contribution in [0.4, 0.5) is 0 Å². The fourth-order valence-electron chi connectivity index (χ4n) is 1.26. The van der Waals surface area contributed by atoms with E-state index in [1.54, 1.807) is 32.8 Å². The summed E-state index contributed by atoms with van der Waals surface area (Å²) in [4.78, 5) is 12.6. The van der Waals surface area contributed by atoms with Gasteiger partial charge in [-0.1, -0.05) is 0 Å². The first kappa shape index (κ1) is 11.1. The van der Waals surface area contributed by atoms with Crippen LogP contribution in [0.3, 0.4) is 0 Å². The molecular weight excluding hydrogens is 226 g/mol. The van der Waals surface area contributed by atoms with Gasteiger partial charge < -0.3 is 9.47 Å². The third-order valence-electron chi connectivity index (χ3n) is 1.97. The molecule has 0 unspecified atom stereocenters. The summed E-state index contributed by atoms with van der Waals surface area (Å²) in [5, 5.41) is 2.70. The molecule has 6 heteroatoms. The molecule has 0 saturated heterocycles. The van der Waals surface area contributed by atoms with Crippen LogP contribution in [-0.2, 0) is 9.47 Å². The molecule has 0 bridgehead atoms. The number of aromatic nitrogens is 3. The van der Waals surface area contributed by atoms with Crippen molar-refractivity contribution in [1.82, 2.24) is 15.0 Å². The van der Waals surface area contributed by atoms with Crippen LogP contribution in [0.25, 0.3) is 10.7 Å². The van der Waals surface area contributed by atoms with Crippen LogP contribution in [0.1, 0.15) is 12.0 Å². The number of hydrogen-bond donors (Lipinski definition) is 0. The van der Waals surface area contributed by atoms with Crippen LogP contribution in [0.5, 0.6) is 0 Å². The van der Waals surface area contributed by atoms with Crippen LogP contribution in [0, 0.1) is 0 Å². The maximum absolute atomic E-state index is 5.12. The molecule has 0 aliphatic heterocycles. The van der Waals surface area contributed by atoms with Gasteiger partial charge in [-0.05, 0) is 0 Å². The summed E-state index contributed by atoms with van der Waals surface area (Å²) in [6, 6.07) is 0. The highest BCUT2D eigenvalue weighted by Gasteiger charge is 2.14. The van der Waals surface area contributed by atoms with Gasteiger partial charge in [0.2, 0.25) is 6.29 Å². The van der Waals surface area contributed by atoms with Crippen molar-refractivity contribution in [3.8, 4) is 10.7 Å². The molecule has 0 saturated carbocycles. The highest BCUT2D eigenvalue weighted by molar-refractivity contribution is 7.13. The summed E-state index contributed by atoms with van der Waals surface area (Å²) in [5.41, 5.74) is 1.50. The van der Waals surface area contributed by atoms with Crippen molar-refractivity contribution in [2.24, 2.45) is 0 Å². The Hall–Kier alpha value is -1.37. The average Bonchev–Trinajstić information content (AvgIpc) is 2.81. The third kappa shape index (κ3) is 2.24. The van der Waals surface area contributed by atoms with E-state index < -0.39 is 6.29 Å². The summed E-state index contributed by atoms with van der Waals surface area (Å²) < 4.78 is 10.2. The number of hydrogen-bond acceptors (Lipinski definition) is 6. The molecule has 5 nitrogen and oxygen atoms in total. The first-order valence-electron chi connectivity index (χ1n) is 4.62. The minimum atomic E-state index is -0.429. The molecule has 0 fully saturated rings. The Morgan fingerprint density at radius 1 is 1.25 bits per heavy atom. The smallest absolute Gasteiger partial charge is 0.201 e. The molecule has 0 aromatic carbocycles. The fraction of sp³-hybridized carbons (Fsp3) is 0.300. The zero-order valence-corrected chi connectivity index (χ0v) is 9.77. The SMILES string of the molecule is COC(OC)c1csc(-c2cnccn2)n1. The first-order chi connectivity index (χ1) is 7.85. The predicted octanol–water partition coefficient (Wildman–Crippen LogP) is 1.89. The Kier molecular flexibility index (Phi) is 3.55. The zero-order valence-electron chi connectivity index (χ0n) is 8.95. The van der Waals surface area contributed by atoms with Gasteiger partial charge in [0.25, 0.3) is 0 Å². The minimum Gasteiger partial charge on any atom is -0.350 e. The molecule has 0 atom stereocenters. The van der Waals surface area contributed by atoms with Gasteiger partial charge in [0, 0.05) is 32.0 Å². The number of ether oxygens (including phenoxy) is 2. The van der Waals surface area contributed by atoms with E-state index in [1.165, 1.54) is 11.3 Å². The van der Waals surface area contributed by atoms with Crippen molar-refractivity contribution in [2.75, 3.05) is 14.2 Å². The third-order valence-corrected chi connectivity index (χ3v) is 2.86. The summed E-state index contributed by atoms with van der Waals surface area (Å²) in [7, 11) is 3.16.